The topological polar surface area (TPSA) is 30.3 Å². The number of rotatable bonds is 10. The maximum atomic E-state index is 6.26. The second-order valence-electron chi connectivity index (χ2n) is 6.95. The summed E-state index contributed by atoms with van der Waals surface area (Å²) in [4.78, 5) is 6.87. The molecule has 0 spiro atoms. The van der Waals surface area contributed by atoms with Crippen LogP contribution in [-0.2, 0) is 18.2 Å². The molecule has 2 aromatic carbocycles. The second kappa shape index (κ2) is 10.0. The van der Waals surface area contributed by atoms with E-state index in [1.165, 1.54) is 5.56 Å². The first-order chi connectivity index (χ1) is 13.2. The average molecular weight is 364 g/mol. The van der Waals surface area contributed by atoms with Crippen molar-refractivity contribution in [1.82, 2.24) is 14.5 Å². The molecule has 142 valence electrons. The van der Waals surface area contributed by atoms with Crippen molar-refractivity contribution in [1.29, 1.82) is 0 Å². The van der Waals surface area contributed by atoms with Crippen molar-refractivity contribution in [2.45, 2.75) is 18.9 Å². The van der Waals surface area contributed by atoms with Gasteiger partial charge >= 0.3 is 0 Å². The third kappa shape index (κ3) is 5.78. The van der Waals surface area contributed by atoms with E-state index in [1.807, 2.05) is 42.2 Å². The number of aromatic nitrogens is 2. The quantitative estimate of drug-likeness (QED) is 0.508. The summed E-state index contributed by atoms with van der Waals surface area (Å²) < 4.78 is 8.29. The van der Waals surface area contributed by atoms with Gasteiger partial charge in [-0.3, -0.25) is 0 Å². The Labute approximate surface area is 162 Å². The highest BCUT2D eigenvalue weighted by Gasteiger charge is 2.18. The monoisotopic (exact) mass is 363 g/mol. The number of nitrogens with zero attached hydrogens (tertiary/aromatic N) is 3. The predicted octanol–water partition coefficient (Wildman–Crippen LogP) is 4.09. The van der Waals surface area contributed by atoms with Crippen molar-refractivity contribution >= 4 is 0 Å². The minimum Gasteiger partial charge on any atom is -0.365 e. The molecule has 0 N–H and O–H groups in total. The van der Waals surface area contributed by atoms with E-state index >= 15 is 0 Å². The summed E-state index contributed by atoms with van der Waals surface area (Å²) in [7, 11) is 4.19. The Morgan fingerprint density at radius 3 is 2.37 bits per heavy atom. The van der Waals surface area contributed by atoms with Crippen molar-refractivity contribution in [3.8, 4) is 0 Å². The molecule has 1 heterocycles. The maximum Gasteiger partial charge on any atom is 0.142 e. The molecule has 0 radical (unpaired) electrons. The van der Waals surface area contributed by atoms with E-state index in [0.29, 0.717) is 6.61 Å². The molecule has 0 aliphatic rings. The standard InChI is InChI=1S/C23H29N3O/c1-25(17-14-20-10-5-3-6-11-20)16-9-19-27-22(21-12-7-4-8-13-21)23-24-15-18-26(23)2/h3-8,10-13,15,18,22H,9,14,16-17,19H2,1-2H3. The summed E-state index contributed by atoms with van der Waals surface area (Å²) in [6.07, 6.45) is 5.75. The molecule has 27 heavy (non-hydrogen) atoms. The molecular weight excluding hydrogens is 334 g/mol. The Balaban J connectivity index is 1.47. The number of imidazole rings is 1. The normalized spacial score (nSPS) is 12.4. The van der Waals surface area contributed by atoms with Gasteiger partial charge in [-0.2, -0.15) is 0 Å². The molecule has 1 atom stereocenters. The van der Waals surface area contributed by atoms with Crippen LogP contribution < -0.4 is 0 Å². The highest BCUT2D eigenvalue weighted by molar-refractivity contribution is 5.23. The third-order valence-corrected chi connectivity index (χ3v) is 4.79. The van der Waals surface area contributed by atoms with Crippen molar-refractivity contribution < 1.29 is 4.74 Å². The molecule has 4 nitrogen and oxygen atoms in total. The number of benzene rings is 2. The zero-order valence-corrected chi connectivity index (χ0v) is 16.3. The average Bonchev–Trinajstić information content (AvgIpc) is 3.13. The van der Waals surface area contributed by atoms with Crippen LogP contribution >= 0.6 is 0 Å². The van der Waals surface area contributed by atoms with Crippen molar-refractivity contribution in [3.05, 3.63) is 90.0 Å². The Hall–Kier alpha value is -2.43. The lowest BCUT2D eigenvalue weighted by Gasteiger charge is -2.20. The van der Waals surface area contributed by atoms with Crippen LogP contribution in [0.3, 0.4) is 0 Å². The molecule has 0 saturated carbocycles. The molecule has 0 aliphatic heterocycles. The van der Waals surface area contributed by atoms with Gasteiger partial charge in [0.1, 0.15) is 11.9 Å². The molecule has 0 saturated heterocycles. The van der Waals surface area contributed by atoms with Crippen LogP contribution in [0.4, 0.5) is 0 Å². The number of ether oxygens (including phenoxy) is 1. The molecule has 3 rings (SSSR count). The highest BCUT2D eigenvalue weighted by atomic mass is 16.5. The van der Waals surface area contributed by atoms with Gasteiger partial charge in [0.25, 0.3) is 0 Å². The first kappa shape index (κ1) is 19.3. The van der Waals surface area contributed by atoms with Crippen LogP contribution in [0.15, 0.2) is 73.1 Å². The summed E-state index contributed by atoms with van der Waals surface area (Å²) in [5, 5.41) is 0. The summed E-state index contributed by atoms with van der Waals surface area (Å²) in [5.74, 6) is 0.943. The van der Waals surface area contributed by atoms with Gasteiger partial charge in [-0.15, -0.1) is 0 Å². The predicted molar refractivity (Wildman–Crippen MR) is 110 cm³/mol. The van der Waals surface area contributed by atoms with Crippen molar-refractivity contribution in [2.75, 3.05) is 26.7 Å². The lowest BCUT2D eigenvalue weighted by atomic mass is 10.1. The van der Waals surface area contributed by atoms with Crippen LogP contribution in [0.25, 0.3) is 0 Å². The van der Waals surface area contributed by atoms with Gasteiger partial charge in [0.2, 0.25) is 0 Å². The molecule has 1 aromatic heterocycles. The van der Waals surface area contributed by atoms with Crippen molar-refractivity contribution in [2.24, 2.45) is 7.05 Å². The Kier molecular flexibility index (Phi) is 7.19. The van der Waals surface area contributed by atoms with E-state index in [9.17, 15) is 0 Å². The van der Waals surface area contributed by atoms with E-state index in [2.05, 4.69) is 59.4 Å². The van der Waals surface area contributed by atoms with Crippen LogP contribution in [-0.4, -0.2) is 41.2 Å². The van der Waals surface area contributed by atoms with E-state index < -0.39 is 0 Å². The molecule has 0 bridgehead atoms. The molecule has 0 fully saturated rings. The van der Waals surface area contributed by atoms with E-state index in [4.69, 9.17) is 4.74 Å². The number of likely N-dealkylation sites (N-methyl/N-ethyl adjacent to an activating group) is 1. The zero-order chi connectivity index (χ0) is 18.9. The van der Waals surface area contributed by atoms with Gasteiger partial charge in [0, 0.05) is 39.1 Å². The fraction of sp³-hybridized carbons (Fsp3) is 0.348. The first-order valence-electron chi connectivity index (χ1n) is 9.60. The van der Waals surface area contributed by atoms with Crippen LogP contribution in [0.1, 0.15) is 29.5 Å². The molecule has 0 aliphatic carbocycles. The molecule has 3 aromatic rings. The molecule has 1 unspecified atom stereocenters. The van der Waals surface area contributed by atoms with Gasteiger partial charge in [-0.05, 0) is 31.0 Å². The van der Waals surface area contributed by atoms with E-state index in [-0.39, 0.29) is 6.10 Å². The first-order valence-corrected chi connectivity index (χ1v) is 9.60. The van der Waals surface area contributed by atoms with E-state index in [1.54, 1.807) is 0 Å². The van der Waals surface area contributed by atoms with Gasteiger partial charge in [-0.25, -0.2) is 4.98 Å². The largest absolute Gasteiger partial charge is 0.365 e. The number of hydrogen-bond acceptors (Lipinski definition) is 3. The zero-order valence-electron chi connectivity index (χ0n) is 16.3. The summed E-state index contributed by atoms with van der Waals surface area (Å²) in [6.45, 7) is 2.79. The summed E-state index contributed by atoms with van der Waals surface area (Å²) in [6, 6.07) is 21.0. The van der Waals surface area contributed by atoms with Crippen LogP contribution in [0, 0.1) is 0 Å². The fourth-order valence-corrected chi connectivity index (χ4v) is 3.19. The SMILES string of the molecule is CN(CCCOC(c1ccccc1)c1nccn1C)CCc1ccccc1. The lowest BCUT2D eigenvalue weighted by molar-refractivity contribution is 0.0661. The lowest BCUT2D eigenvalue weighted by Crippen LogP contribution is -2.24. The smallest absolute Gasteiger partial charge is 0.142 e. The summed E-state index contributed by atoms with van der Waals surface area (Å²) >= 11 is 0. The van der Waals surface area contributed by atoms with Crippen molar-refractivity contribution in [3.63, 3.8) is 0 Å². The van der Waals surface area contributed by atoms with Gasteiger partial charge in [0.05, 0.1) is 0 Å². The Morgan fingerprint density at radius 2 is 1.70 bits per heavy atom. The Bertz CT molecular complexity index is 786. The minimum atomic E-state index is -0.124. The molecule has 0 amide bonds. The maximum absolute atomic E-state index is 6.26. The second-order valence-corrected chi connectivity index (χ2v) is 6.95. The fourth-order valence-electron chi connectivity index (χ4n) is 3.19. The minimum absolute atomic E-state index is 0.124. The Morgan fingerprint density at radius 1 is 1.00 bits per heavy atom. The third-order valence-electron chi connectivity index (χ3n) is 4.79. The highest BCUT2D eigenvalue weighted by Crippen LogP contribution is 2.24. The van der Waals surface area contributed by atoms with Crippen LogP contribution in [0.2, 0.25) is 0 Å². The van der Waals surface area contributed by atoms with Gasteiger partial charge < -0.3 is 14.2 Å². The number of aryl methyl sites for hydroxylation is 1. The van der Waals surface area contributed by atoms with E-state index in [0.717, 1.165) is 37.3 Å². The van der Waals surface area contributed by atoms with Gasteiger partial charge in [0.15, 0.2) is 0 Å². The molecule has 4 heteroatoms. The van der Waals surface area contributed by atoms with Gasteiger partial charge in [-0.1, -0.05) is 60.7 Å². The molecular formula is C23H29N3O. The summed E-state index contributed by atoms with van der Waals surface area (Å²) in [5.41, 5.74) is 2.53. The number of hydrogen-bond donors (Lipinski definition) is 0. The van der Waals surface area contributed by atoms with Crippen LogP contribution in [0.5, 0.6) is 0 Å².